The van der Waals surface area contributed by atoms with E-state index in [0.717, 1.165) is 32.5 Å². The van der Waals surface area contributed by atoms with E-state index in [-0.39, 0.29) is 11.8 Å². The highest BCUT2D eigenvalue weighted by molar-refractivity contribution is 5.81. The van der Waals surface area contributed by atoms with Gasteiger partial charge in [0.05, 0.1) is 6.04 Å². The van der Waals surface area contributed by atoms with Crippen LogP contribution in [0.2, 0.25) is 0 Å². The average Bonchev–Trinajstić information content (AvgIpc) is 1.84. The van der Waals surface area contributed by atoms with Crippen molar-refractivity contribution in [2.45, 2.75) is 25.8 Å². The molecule has 1 rings (SSSR count). The molecule has 11 heavy (non-hydrogen) atoms. The van der Waals surface area contributed by atoms with Crippen LogP contribution in [0.15, 0.2) is 0 Å². The second-order valence-electron chi connectivity index (χ2n) is 3.01. The number of Topliss-reactive ketones (excluding diaryl/α,β-unsaturated/α-hetero) is 1. The number of rotatable bonds is 1. The topological polar surface area (TPSA) is 41.1 Å². The Bertz CT molecular complexity index is 128. The fourth-order valence-corrected chi connectivity index (χ4v) is 1.31. The van der Waals surface area contributed by atoms with Crippen molar-refractivity contribution < 1.29 is 4.79 Å². The van der Waals surface area contributed by atoms with Gasteiger partial charge in [0.25, 0.3) is 0 Å². The predicted octanol–water partition coefficient (Wildman–Crippen LogP) is -0.0830. The quantitative estimate of drug-likeness (QED) is 0.558. The summed E-state index contributed by atoms with van der Waals surface area (Å²) in [7, 11) is 0. The van der Waals surface area contributed by atoms with Gasteiger partial charge in [0.2, 0.25) is 0 Å². The van der Waals surface area contributed by atoms with E-state index in [1.807, 2.05) is 0 Å². The lowest BCUT2D eigenvalue weighted by atomic mass is 10.1. The Morgan fingerprint density at radius 1 is 1.36 bits per heavy atom. The van der Waals surface area contributed by atoms with Crippen LogP contribution in [0.1, 0.15) is 19.8 Å². The Morgan fingerprint density at radius 3 is 2.91 bits per heavy atom. The molecule has 0 bridgehead atoms. The van der Waals surface area contributed by atoms with Gasteiger partial charge in [-0.2, -0.15) is 0 Å². The molecule has 2 N–H and O–H groups in total. The van der Waals surface area contributed by atoms with Gasteiger partial charge in [-0.3, -0.25) is 4.79 Å². The van der Waals surface area contributed by atoms with Crippen molar-refractivity contribution in [3.05, 3.63) is 0 Å². The lowest BCUT2D eigenvalue weighted by Crippen LogP contribution is -2.41. The van der Waals surface area contributed by atoms with Crippen molar-refractivity contribution in [2.75, 3.05) is 19.6 Å². The van der Waals surface area contributed by atoms with Crippen LogP contribution in [0.4, 0.5) is 0 Å². The molecule has 1 atom stereocenters. The zero-order chi connectivity index (χ0) is 8.10. The minimum absolute atomic E-state index is 0.0859. The Balaban J connectivity index is 2.32. The SMILES string of the molecule is CC(=O)C1CCNCCCN1. The van der Waals surface area contributed by atoms with Gasteiger partial charge in [0, 0.05) is 0 Å². The van der Waals surface area contributed by atoms with Gasteiger partial charge in [0.1, 0.15) is 5.78 Å². The Kier molecular flexibility index (Phi) is 3.52. The Morgan fingerprint density at radius 2 is 2.18 bits per heavy atom. The van der Waals surface area contributed by atoms with Crippen LogP contribution >= 0.6 is 0 Å². The van der Waals surface area contributed by atoms with E-state index < -0.39 is 0 Å². The highest BCUT2D eigenvalue weighted by Gasteiger charge is 2.13. The molecule has 0 aliphatic carbocycles. The summed E-state index contributed by atoms with van der Waals surface area (Å²) >= 11 is 0. The number of hydrogen-bond donors (Lipinski definition) is 2. The van der Waals surface area contributed by atoms with Gasteiger partial charge < -0.3 is 10.6 Å². The highest BCUT2D eigenvalue weighted by Crippen LogP contribution is 1.95. The second-order valence-corrected chi connectivity index (χ2v) is 3.01. The van der Waals surface area contributed by atoms with Crippen LogP contribution in [0, 0.1) is 0 Å². The standard InChI is InChI=1S/C8H16N2O/c1-7(11)8-3-6-9-4-2-5-10-8/h8-10H,2-6H2,1H3. The molecular formula is C8H16N2O. The zero-order valence-electron chi connectivity index (χ0n) is 7.02. The number of carbonyl (C=O) groups excluding carboxylic acids is 1. The minimum Gasteiger partial charge on any atom is -0.317 e. The summed E-state index contributed by atoms with van der Waals surface area (Å²) in [6.45, 7) is 4.63. The Labute approximate surface area is 67.5 Å². The van der Waals surface area contributed by atoms with E-state index >= 15 is 0 Å². The maximum absolute atomic E-state index is 11.0. The van der Waals surface area contributed by atoms with E-state index in [9.17, 15) is 4.79 Å². The van der Waals surface area contributed by atoms with Crippen LogP contribution in [0.25, 0.3) is 0 Å². The number of hydrogen-bond acceptors (Lipinski definition) is 3. The molecule has 1 aliphatic rings. The summed E-state index contributed by atoms with van der Waals surface area (Å²) in [6, 6.07) is 0.0859. The monoisotopic (exact) mass is 156 g/mol. The fraction of sp³-hybridized carbons (Fsp3) is 0.875. The molecule has 0 aromatic rings. The number of carbonyl (C=O) groups is 1. The van der Waals surface area contributed by atoms with Crippen LogP contribution < -0.4 is 10.6 Å². The van der Waals surface area contributed by atoms with Gasteiger partial charge in [-0.15, -0.1) is 0 Å². The molecule has 3 nitrogen and oxygen atoms in total. The van der Waals surface area contributed by atoms with Gasteiger partial charge in [-0.25, -0.2) is 0 Å². The van der Waals surface area contributed by atoms with Crippen molar-refractivity contribution in [1.82, 2.24) is 10.6 Å². The van der Waals surface area contributed by atoms with Crippen LogP contribution in [0.5, 0.6) is 0 Å². The fourth-order valence-electron chi connectivity index (χ4n) is 1.31. The highest BCUT2D eigenvalue weighted by atomic mass is 16.1. The maximum Gasteiger partial charge on any atom is 0.146 e. The van der Waals surface area contributed by atoms with Crippen LogP contribution in [-0.4, -0.2) is 31.5 Å². The van der Waals surface area contributed by atoms with Crippen LogP contribution in [0.3, 0.4) is 0 Å². The van der Waals surface area contributed by atoms with Gasteiger partial charge in [-0.05, 0) is 39.4 Å². The molecule has 1 heterocycles. The molecule has 0 radical (unpaired) electrons. The molecule has 0 spiro atoms. The lowest BCUT2D eigenvalue weighted by Gasteiger charge is -2.19. The summed E-state index contributed by atoms with van der Waals surface area (Å²) < 4.78 is 0. The third-order valence-corrected chi connectivity index (χ3v) is 2.02. The van der Waals surface area contributed by atoms with Crippen molar-refractivity contribution in [3.8, 4) is 0 Å². The smallest absolute Gasteiger partial charge is 0.146 e. The third kappa shape index (κ3) is 2.99. The average molecular weight is 156 g/mol. The molecule has 64 valence electrons. The van der Waals surface area contributed by atoms with Crippen LogP contribution in [-0.2, 0) is 4.79 Å². The number of nitrogens with one attached hydrogen (secondary N) is 2. The van der Waals surface area contributed by atoms with Crippen molar-refractivity contribution in [1.29, 1.82) is 0 Å². The molecule has 0 aromatic heterocycles. The van der Waals surface area contributed by atoms with E-state index in [4.69, 9.17) is 0 Å². The molecule has 1 unspecified atom stereocenters. The first kappa shape index (κ1) is 8.68. The largest absolute Gasteiger partial charge is 0.317 e. The second kappa shape index (κ2) is 4.46. The molecule has 0 amide bonds. The predicted molar refractivity (Wildman–Crippen MR) is 44.6 cm³/mol. The molecule has 1 aliphatic heterocycles. The zero-order valence-corrected chi connectivity index (χ0v) is 7.02. The van der Waals surface area contributed by atoms with Gasteiger partial charge >= 0.3 is 0 Å². The van der Waals surface area contributed by atoms with E-state index in [1.165, 1.54) is 0 Å². The summed E-state index contributed by atoms with van der Waals surface area (Å²) in [6.07, 6.45) is 2.04. The van der Waals surface area contributed by atoms with E-state index in [0.29, 0.717) is 0 Å². The minimum atomic E-state index is 0.0859. The summed E-state index contributed by atoms with van der Waals surface area (Å²) in [5, 5.41) is 6.51. The van der Waals surface area contributed by atoms with E-state index in [1.54, 1.807) is 6.92 Å². The van der Waals surface area contributed by atoms with E-state index in [2.05, 4.69) is 10.6 Å². The molecule has 1 fully saturated rings. The van der Waals surface area contributed by atoms with Gasteiger partial charge in [0.15, 0.2) is 0 Å². The van der Waals surface area contributed by atoms with Gasteiger partial charge in [-0.1, -0.05) is 0 Å². The summed E-state index contributed by atoms with van der Waals surface area (Å²) in [5.41, 5.74) is 0. The maximum atomic E-state index is 11.0. The molecule has 1 saturated heterocycles. The molecule has 3 heteroatoms. The third-order valence-electron chi connectivity index (χ3n) is 2.02. The first-order chi connectivity index (χ1) is 5.30. The number of ketones is 1. The van der Waals surface area contributed by atoms with Crippen molar-refractivity contribution in [3.63, 3.8) is 0 Å². The Hall–Kier alpha value is -0.410. The van der Waals surface area contributed by atoms with Crippen molar-refractivity contribution in [2.24, 2.45) is 0 Å². The summed E-state index contributed by atoms with van der Waals surface area (Å²) in [5.74, 6) is 0.258. The normalized spacial score (nSPS) is 27.2. The molecule has 0 saturated carbocycles. The summed E-state index contributed by atoms with van der Waals surface area (Å²) in [4.78, 5) is 11.0. The lowest BCUT2D eigenvalue weighted by molar-refractivity contribution is -0.119. The molecule has 0 aromatic carbocycles. The van der Waals surface area contributed by atoms with Crippen molar-refractivity contribution >= 4 is 5.78 Å². The first-order valence-electron chi connectivity index (χ1n) is 4.25. The molecular weight excluding hydrogens is 140 g/mol. The first-order valence-corrected chi connectivity index (χ1v) is 4.25.